The van der Waals surface area contributed by atoms with Crippen molar-refractivity contribution in [2.24, 2.45) is 12.8 Å². The Labute approximate surface area is 163 Å². The second-order valence-electron chi connectivity index (χ2n) is 7.91. The first-order valence-corrected chi connectivity index (χ1v) is 9.06. The van der Waals surface area contributed by atoms with E-state index in [1.54, 1.807) is 15.6 Å². The number of nitriles is 1. The number of nitrogens with two attached hydrogens (primary N) is 1. The molecule has 0 amide bonds. The number of hydrogen-bond donors (Lipinski definition) is 1. The van der Waals surface area contributed by atoms with Gasteiger partial charge in [0.1, 0.15) is 11.6 Å². The van der Waals surface area contributed by atoms with Gasteiger partial charge in [0.05, 0.1) is 22.9 Å². The molecule has 142 valence electrons. The molecule has 1 aliphatic heterocycles. The number of ether oxygens (including phenoxy) is 1. The van der Waals surface area contributed by atoms with E-state index in [9.17, 15) is 5.26 Å². The Kier molecular flexibility index (Phi) is 4.00. The number of fused-ring (bicyclic) bond motifs is 1. The van der Waals surface area contributed by atoms with Crippen LogP contribution in [0.1, 0.15) is 43.5 Å². The van der Waals surface area contributed by atoms with Crippen molar-refractivity contribution >= 4 is 0 Å². The monoisotopic (exact) mass is 374 g/mol. The number of rotatable bonds is 2. The van der Waals surface area contributed by atoms with Gasteiger partial charge >= 0.3 is 0 Å². The van der Waals surface area contributed by atoms with E-state index >= 15 is 0 Å². The SMILES string of the molecule is Cn1nc(C(C)(C)C)c2c1OC(N)=C(C#N)C2c1ccc(-n2cccn2)cc1. The van der Waals surface area contributed by atoms with Gasteiger partial charge in [0.2, 0.25) is 11.8 Å². The Morgan fingerprint density at radius 3 is 2.50 bits per heavy atom. The molecule has 0 fully saturated rings. The van der Waals surface area contributed by atoms with E-state index in [1.165, 1.54) is 0 Å². The Morgan fingerprint density at radius 1 is 1.21 bits per heavy atom. The third-order valence-corrected chi connectivity index (χ3v) is 4.91. The normalized spacial score (nSPS) is 16.5. The number of aryl methyl sites for hydroxylation is 1. The minimum Gasteiger partial charge on any atom is -0.422 e. The van der Waals surface area contributed by atoms with Crippen molar-refractivity contribution in [1.82, 2.24) is 19.6 Å². The van der Waals surface area contributed by atoms with Crippen LogP contribution >= 0.6 is 0 Å². The van der Waals surface area contributed by atoms with Crippen molar-refractivity contribution in [3.05, 3.63) is 71.0 Å². The van der Waals surface area contributed by atoms with Gasteiger partial charge in [0.15, 0.2) is 0 Å². The molecule has 0 aliphatic carbocycles. The molecular weight excluding hydrogens is 352 g/mol. The van der Waals surface area contributed by atoms with Crippen molar-refractivity contribution in [3.8, 4) is 17.6 Å². The van der Waals surface area contributed by atoms with E-state index in [0.29, 0.717) is 11.5 Å². The van der Waals surface area contributed by atoms with E-state index in [4.69, 9.17) is 10.5 Å². The predicted molar refractivity (Wildman–Crippen MR) is 105 cm³/mol. The van der Waals surface area contributed by atoms with Crippen LogP contribution in [-0.4, -0.2) is 19.6 Å². The molecule has 0 radical (unpaired) electrons. The number of benzene rings is 1. The van der Waals surface area contributed by atoms with E-state index in [-0.39, 0.29) is 17.2 Å². The zero-order chi connectivity index (χ0) is 20.1. The lowest BCUT2D eigenvalue weighted by molar-refractivity contribution is 0.358. The highest BCUT2D eigenvalue weighted by atomic mass is 16.5. The number of nitrogens with zero attached hydrogens (tertiary/aromatic N) is 5. The Morgan fingerprint density at radius 2 is 1.93 bits per heavy atom. The standard InChI is InChI=1S/C21H22N6O/c1-21(2,3)18-17-16(15(12-22)19(23)28-20(17)26(4)25-18)13-6-8-14(9-7-13)27-11-5-10-24-27/h5-11,16H,23H2,1-4H3. The third kappa shape index (κ3) is 2.74. The summed E-state index contributed by atoms with van der Waals surface area (Å²) in [4.78, 5) is 0. The van der Waals surface area contributed by atoms with Crippen molar-refractivity contribution in [3.63, 3.8) is 0 Å². The molecule has 1 atom stereocenters. The van der Waals surface area contributed by atoms with Crippen LogP contribution in [0.4, 0.5) is 0 Å². The topological polar surface area (TPSA) is 94.7 Å². The Balaban J connectivity index is 1.89. The second kappa shape index (κ2) is 6.27. The highest BCUT2D eigenvalue weighted by Crippen LogP contribution is 2.46. The van der Waals surface area contributed by atoms with Gasteiger partial charge in [-0.2, -0.15) is 15.5 Å². The minimum absolute atomic E-state index is 0.125. The summed E-state index contributed by atoms with van der Waals surface area (Å²) in [6.07, 6.45) is 3.63. The molecule has 4 rings (SSSR count). The van der Waals surface area contributed by atoms with Gasteiger partial charge in [-0.3, -0.25) is 0 Å². The highest BCUT2D eigenvalue weighted by Gasteiger charge is 2.39. The van der Waals surface area contributed by atoms with Gasteiger partial charge < -0.3 is 10.5 Å². The zero-order valence-corrected chi connectivity index (χ0v) is 16.3. The van der Waals surface area contributed by atoms with E-state index in [0.717, 1.165) is 22.5 Å². The molecule has 0 saturated carbocycles. The highest BCUT2D eigenvalue weighted by molar-refractivity contribution is 5.57. The number of hydrogen-bond acceptors (Lipinski definition) is 5. The molecule has 7 heteroatoms. The molecule has 3 aromatic rings. The van der Waals surface area contributed by atoms with Crippen LogP contribution in [0.15, 0.2) is 54.2 Å². The van der Waals surface area contributed by atoms with E-state index < -0.39 is 0 Å². The van der Waals surface area contributed by atoms with Gasteiger partial charge in [0.25, 0.3) is 0 Å². The third-order valence-electron chi connectivity index (χ3n) is 4.91. The van der Waals surface area contributed by atoms with Crippen LogP contribution in [-0.2, 0) is 12.5 Å². The van der Waals surface area contributed by atoms with Crippen LogP contribution in [0.2, 0.25) is 0 Å². The van der Waals surface area contributed by atoms with Crippen molar-refractivity contribution in [1.29, 1.82) is 5.26 Å². The van der Waals surface area contributed by atoms with E-state index in [2.05, 4.69) is 37.0 Å². The zero-order valence-electron chi connectivity index (χ0n) is 16.3. The lowest BCUT2D eigenvalue weighted by atomic mass is 9.79. The van der Waals surface area contributed by atoms with Crippen LogP contribution in [0.25, 0.3) is 5.69 Å². The van der Waals surface area contributed by atoms with Gasteiger partial charge in [-0.15, -0.1) is 0 Å². The number of allylic oxidation sites excluding steroid dienone is 1. The average Bonchev–Trinajstić information content (AvgIpc) is 3.29. The summed E-state index contributed by atoms with van der Waals surface area (Å²) in [7, 11) is 1.83. The summed E-state index contributed by atoms with van der Waals surface area (Å²) in [5.41, 5.74) is 9.98. The fourth-order valence-corrected chi connectivity index (χ4v) is 3.60. The molecule has 0 bridgehead atoms. The molecule has 2 aromatic heterocycles. The smallest absolute Gasteiger partial charge is 0.224 e. The molecule has 1 aliphatic rings. The summed E-state index contributed by atoms with van der Waals surface area (Å²) < 4.78 is 9.28. The summed E-state index contributed by atoms with van der Waals surface area (Å²) in [5.74, 6) is 0.380. The largest absolute Gasteiger partial charge is 0.422 e. The molecule has 1 aromatic carbocycles. The lowest BCUT2D eigenvalue weighted by Crippen LogP contribution is -2.24. The Hall–Kier alpha value is -3.53. The first kappa shape index (κ1) is 17.9. The van der Waals surface area contributed by atoms with Crippen molar-refractivity contribution in [2.75, 3.05) is 0 Å². The van der Waals surface area contributed by atoms with E-state index in [1.807, 2.05) is 43.6 Å². The maximum atomic E-state index is 9.81. The molecule has 7 nitrogen and oxygen atoms in total. The van der Waals surface area contributed by atoms with Gasteiger partial charge in [-0.1, -0.05) is 32.9 Å². The fraction of sp³-hybridized carbons (Fsp3) is 0.286. The quantitative estimate of drug-likeness (QED) is 0.744. The lowest BCUT2D eigenvalue weighted by Gasteiger charge is -2.27. The molecule has 2 N–H and O–H groups in total. The second-order valence-corrected chi connectivity index (χ2v) is 7.91. The first-order chi connectivity index (χ1) is 13.3. The summed E-state index contributed by atoms with van der Waals surface area (Å²) in [5, 5.41) is 18.8. The molecule has 3 heterocycles. The summed E-state index contributed by atoms with van der Waals surface area (Å²) in [6.45, 7) is 6.30. The summed E-state index contributed by atoms with van der Waals surface area (Å²) in [6, 6.07) is 12.1. The molecule has 1 unspecified atom stereocenters. The fourth-order valence-electron chi connectivity index (χ4n) is 3.60. The number of aromatic nitrogens is 4. The minimum atomic E-state index is -0.330. The molecule has 28 heavy (non-hydrogen) atoms. The van der Waals surface area contributed by atoms with Crippen LogP contribution in [0.3, 0.4) is 0 Å². The van der Waals surface area contributed by atoms with Crippen molar-refractivity contribution in [2.45, 2.75) is 32.1 Å². The maximum absolute atomic E-state index is 9.81. The summed E-state index contributed by atoms with van der Waals surface area (Å²) >= 11 is 0. The predicted octanol–water partition coefficient (Wildman–Crippen LogP) is 3.12. The van der Waals surface area contributed by atoms with Gasteiger partial charge in [-0.05, 0) is 23.8 Å². The van der Waals surface area contributed by atoms with Crippen LogP contribution in [0.5, 0.6) is 5.88 Å². The van der Waals surface area contributed by atoms with Gasteiger partial charge in [-0.25, -0.2) is 9.36 Å². The Bertz CT molecular complexity index is 1090. The van der Waals surface area contributed by atoms with Gasteiger partial charge in [0, 0.05) is 24.9 Å². The molecule has 0 spiro atoms. The van der Waals surface area contributed by atoms with Crippen LogP contribution in [0, 0.1) is 11.3 Å². The molecule has 0 saturated heterocycles. The average molecular weight is 374 g/mol. The maximum Gasteiger partial charge on any atom is 0.224 e. The van der Waals surface area contributed by atoms with Crippen LogP contribution < -0.4 is 10.5 Å². The first-order valence-electron chi connectivity index (χ1n) is 9.06. The van der Waals surface area contributed by atoms with Crippen molar-refractivity contribution < 1.29 is 4.74 Å². The molecular formula is C21H22N6O.